The Hall–Kier alpha value is -3.07. The van der Waals surface area contributed by atoms with Gasteiger partial charge in [-0.2, -0.15) is 18.3 Å². The summed E-state index contributed by atoms with van der Waals surface area (Å²) in [6, 6.07) is 11.7. The van der Waals surface area contributed by atoms with Gasteiger partial charge in [0.05, 0.1) is 11.3 Å². The Morgan fingerprint density at radius 2 is 1.54 bits per heavy atom. The summed E-state index contributed by atoms with van der Waals surface area (Å²) in [5.41, 5.74) is 17.2. The smallest absolute Gasteiger partial charge is 0.416 e. The third-order valence-electron chi connectivity index (χ3n) is 3.35. The second-order valence-electron chi connectivity index (χ2n) is 5.28. The van der Waals surface area contributed by atoms with E-state index in [-0.39, 0.29) is 19.1 Å². The van der Waals surface area contributed by atoms with Crippen molar-refractivity contribution >= 4 is 11.7 Å². The summed E-state index contributed by atoms with van der Waals surface area (Å²) in [6.45, 7) is 0.284. The van der Waals surface area contributed by atoms with Crippen LogP contribution < -0.4 is 21.9 Å². The maximum absolute atomic E-state index is 12.5. The second-order valence-corrected chi connectivity index (χ2v) is 5.28. The van der Waals surface area contributed by atoms with E-state index in [0.29, 0.717) is 17.0 Å². The zero-order valence-corrected chi connectivity index (χ0v) is 13.7. The Labute approximate surface area is 148 Å². The highest BCUT2D eigenvalue weighted by atomic mass is 19.4. The summed E-state index contributed by atoms with van der Waals surface area (Å²) in [7, 11) is 0. The van der Waals surface area contributed by atoms with Crippen LogP contribution in [0.25, 0.3) is 0 Å². The Balaban J connectivity index is 2.01. The van der Waals surface area contributed by atoms with Crippen molar-refractivity contribution in [3.8, 4) is 5.75 Å². The molecule has 0 radical (unpaired) electrons. The van der Waals surface area contributed by atoms with Crippen molar-refractivity contribution in [3.63, 3.8) is 0 Å². The van der Waals surface area contributed by atoms with Crippen molar-refractivity contribution in [2.75, 3.05) is 6.54 Å². The fraction of sp³-hybridized carbons (Fsp3) is 0.176. The van der Waals surface area contributed by atoms with E-state index < -0.39 is 11.7 Å². The van der Waals surface area contributed by atoms with Gasteiger partial charge in [0, 0.05) is 6.54 Å². The van der Waals surface area contributed by atoms with E-state index >= 15 is 0 Å². The first kappa shape index (κ1) is 19.3. The minimum atomic E-state index is -4.35. The molecule has 0 amide bonds. The minimum absolute atomic E-state index is 0.141. The topological polar surface area (TPSA) is 112 Å². The van der Waals surface area contributed by atoms with Crippen LogP contribution in [0.4, 0.5) is 13.2 Å². The van der Waals surface area contributed by atoms with Crippen molar-refractivity contribution < 1.29 is 17.9 Å². The van der Waals surface area contributed by atoms with Gasteiger partial charge in [-0.15, -0.1) is 5.10 Å². The maximum Gasteiger partial charge on any atom is 0.416 e. The van der Waals surface area contributed by atoms with Crippen LogP contribution in [0.2, 0.25) is 0 Å². The van der Waals surface area contributed by atoms with Crippen LogP contribution in [-0.4, -0.2) is 18.2 Å². The molecule has 9 heteroatoms. The molecule has 0 aromatic heterocycles. The molecule has 6 nitrogen and oxygen atoms in total. The van der Waals surface area contributed by atoms with Crippen LogP contribution >= 0.6 is 0 Å². The molecule has 138 valence electrons. The zero-order valence-electron chi connectivity index (χ0n) is 13.7. The van der Waals surface area contributed by atoms with E-state index in [9.17, 15) is 13.2 Å². The fourth-order valence-electron chi connectivity index (χ4n) is 2.03. The Morgan fingerprint density at radius 1 is 0.923 bits per heavy atom. The number of hydrogen-bond donors (Lipinski definition) is 3. The van der Waals surface area contributed by atoms with E-state index in [1.807, 2.05) is 0 Å². The molecule has 0 aliphatic heterocycles. The molecule has 0 aliphatic carbocycles. The normalized spacial score (nSPS) is 11.9. The molecule has 0 saturated heterocycles. The highest BCUT2D eigenvalue weighted by Crippen LogP contribution is 2.29. The fourth-order valence-corrected chi connectivity index (χ4v) is 2.03. The molecule has 2 aromatic rings. The number of benzene rings is 2. The summed E-state index contributed by atoms with van der Waals surface area (Å²) in [5.74, 6) is 0.374. The molecule has 0 aliphatic rings. The van der Waals surface area contributed by atoms with Crippen molar-refractivity contribution in [1.82, 2.24) is 0 Å². The van der Waals surface area contributed by atoms with E-state index in [1.54, 1.807) is 24.3 Å². The molecule has 0 bridgehead atoms. The molecule has 0 heterocycles. The zero-order chi connectivity index (χ0) is 19.2. The van der Waals surface area contributed by atoms with Crippen LogP contribution in [-0.2, 0) is 12.8 Å². The molecule has 0 spiro atoms. The first-order valence-electron chi connectivity index (χ1n) is 7.54. The van der Waals surface area contributed by atoms with Gasteiger partial charge in [0.25, 0.3) is 0 Å². The summed E-state index contributed by atoms with van der Waals surface area (Å²) < 4.78 is 43.2. The van der Waals surface area contributed by atoms with Gasteiger partial charge < -0.3 is 21.9 Å². The van der Waals surface area contributed by atoms with Gasteiger partial charge in [-0.25, -0.2) is 0 Å². The number of ether oxygens (including phenoxy) is 1. The Bertz CT molecular complexity index is 780. The number of halogens is 3. The predicted molar refractivity (Wildman–Crippen MR) is 93.6 cm³/mol. The first-order valence-corrected chi connectivity index (χ1v) is 7.54. The van der Waals surface area contributed by atoms with Crippen LogP contribution in [0.1, 0.15) is 16.7 Å². The first-order chi connectivity index (χ1) is 12.3. The van der Waals surface area contributed by atoms with Gasteiger partial charge in [0.15, 0.2) is 0 Å². The molecule has 0 fully saturated rings. The summed E-state index contributed by atoms with van der Waals surface area (Å²) >= 11 is 0. The lowest BCUT2D eigenvalue weighted by molar-refractivity contribution is -0.137. The van der Waals surface area contributed by atoms with E-state index in [4.69, 9.17) is 21.9 Å². The second kappa shape index (κ2) is 8.34. The van der Waals surface area contributed by atoms with Crippen molar-refractivity contribution in [2.24, 2.45) is 27.4 Å². The third-order valence-corrected chi connectivity index (χ3v) is 3.35. The van der Waals surface area contributed by atoms with E-state index in [1.165, 1.54) is 12.1 Å². The average molecular weight is 365 g/mol. The quantitative estimate of drug-likeness (QED) is 0.414. The van der Waals surface area contributed by atoms with Gasteiger partial charge in [-0.05, 0) is 47.5 Å². The van der Waals surface area contributed by atoms with E-state index in [0.717, 1.165) is 17.7 Å². The number of alkyl halides is 3. The largest absolute Gasteiger partial charge is 0.489 e. The summed E-state index contributed by atoms with van der Waals surface area (Å²) in [4.78, 5) is 0. The van der Waals surface area contributed by atoms with Gasteiger partial charge in [-0.1, -0.05) is 12.1 Å². The Kier molecular flexibility index (Phi) is 6.18. The van der Waals surface area contributed by atoms with Crippen molar-refractivity contribution in [2.45, 2.75) is 12.8 Å². The van der Waals surface area contributed by atoms with E-state index in [2.05, 4.69) is 10.2 Å². The number of nitrogens with zero attached hydrogens (tertiary/aromatic N) is 2. The predicted octanol–water partition coefficient (Wildman–Crippen LogP) is 2.22. The molecule has 26 heavy (non-hydrogen) atoms. The molecule has 6 N–H and O–H groups in total. The molecular weight excluding hydrogens is 347 g/mol. The van der Waals surface area contributed by atoms with Gasteiger partial charge in [0.1, 0.15) is 12.4 Å². The standard InChI is InChI=1S/C17H18F3N5O/c18-17(19,20)13-5-1-11(2-6-13)10-26-14-7-3-12(4-8-14)15(9-21)24-25-16(22)23/h1-8H,9-10,21H2,(H4,22,23,25)/b24-15+. The van der Waals surface area contributed by atoms with Crippen molar-refractivity contribution in [1.29, 1.82) is 0 Å². The highest BCUT2D eigenvalue weighted by Gasteiger charge is 2.29. The maximum atomic E-state index is 12.5. The summed E-state index contributed by atoms with van der Waals surface area (Å²) in [6.07, 6.45) is -4.35. The van der Waals surface area contributed by atoms with Crippen LogP contribution in [0, 0.1) is 0 Å². The number of hydrogen-bond acceptors (Lipinski definition) is 4. The lowest BCUT2D eigenvalue weighted by Crippen LogP contribution is -2.23. The monoisotopic (exact) mass is 365 g/mol. The molecule has 0 atom stereocenters. The molecule has 0 unspecified atom stereocenters. The van der Waals surface area contributed by atoms with Gasteiger partial charge in [-0.3, -0.25) is 0 Å². The molecule has 2 rings (SSSR count). The van der Waals surface area contributed by atoms with Crippen molar-refractivity contribution in [3.05, 3.63) is 65.2 Å². The third kappa shape index (κ3) is 5.49. The summed E-state index contributed by atoms with van der Waals surface area (Å²) in [5, 5.41) is 7.42. The lowest BCUT2D eigenvalue weighted by Gasteiger charge is -2.10. The van der Waals surface area contributed by atoms with Gasteiger partial charge in [0.2, 0.25) is 5.96 Å². The lowest BCUT2D eigenvalue weighted by atomic mass is 10.1. The SMILES string of the molecule is NC/C(=N\N=C(N)N)c1ccc(OCc2ccc(C(F)(F)F)cc2)cc1. The van der Waals surface area contributed by atoms with Crippen LogP contribution in [0.15, 0.2) is 58.7 Å². The van der Waals surface area contributed by atoms with Crippen LogP contribution in [0.3, 0.4) is 0 Å². The molecule has 2 aromatic carbocycles. The highest BCUT2D eigenvalue weighted by molar-refractivity contribution is 6.02. The minimum Gasteiger partial charge on any atom is -0.489 e. The average Bonchev–Trinajstić information content (AvgIpc) is 2.61. The molecule has 0 saturated carbocycles. The number of guanidine groups is 1. The van der Waals surface area contributed by atoms with Gasteiger partial charge >= 0.3 is 6.18 Å². The Morgan fingerprint density at radius 3 is 2.04 bits per heavy atom. The number of nitrogens with two attached hydrogens (primary N) is 3. The van der Waals surface area contributed by atoms with Crippen LogP contribution in [0.5, 0.6) is 5.75 Å². The molecular formula is C17H18F3N5O. The number of rotatable bonds is 6.